The fraction of sp³-hybridized carbons (Fsp3) is 0.227. The van der Waals surface area contributed by atoms with Crippen LogP contribution in [0.25, 0.3) is 0 Å². The van der Waals surface area contributed by atoms with E-state index in [0.29, 0.717) is 11.1 Å². The van der Waals surface area contributed by atoms with Crippen molar-refractivity contribution in [2.24, 2.45) is 0 Å². The molecule has 160 valence electrons. The summed E-state index contributed by atoms with van der Waals surface area (Å²) in [5.41, 5.74) is 1.85. The summed E-state index contributed by atoms with van der Waals surface area (Å²) in [6, 6.07) is 16.7. The molecule has 31 heavy (non-hydrogen) atoms. The predicted octanol–water partition coefficient (Wildman–Crippen LogP) is 2.11. The maximum Gasteiger partial charge on any atom is 0.355 e. The van der Waals surface area contributed by atoms with Gasteiger partial charge in [-0.2, -0.15) is 0 Å². The number of fused-ring (bicyclic) bond motifs is 1. The first-order valence-corrected chi connectivity index (χ1v) is 12.1. The Labute approximate surface area is 190 Å². The zero-order valence-corrected chi connectivity index (χ0v) is 18.7. The molecule has 2 aromatic carbocycles. The first kappa shape index (κ1) is 21.5. The van der Waals surface area contributed by atoms with Gasteiger partial charge in [-0.05, 0) is 23.3 Å². The maximum atomic E-state index is 12.9. The second-order valence-corrected chi connectivity index (χ2v) is 9.18. The molecule has 1 N–H and O–H groups in total. The number of hydrogen-bond donors (Lipinski definition) is 1. The van der Waals surface area contributed by atoms with Crippen LogP contribution in [0.15, 0.2) is 71.9 Å². The van der Waals surface area contributed by atoms with Crippen LogP contribution in [0, 0.1) is 0 Å². The van der Waals surface area contributed by atoms with Gasteiger partial charge in [0, 0.05) is 10.9 Å². The number of β-lactam (4-membered cyclic amide) rings is 1. The molecule has 1 saturated heterocycles. The Bertz CT molecular complexity index is 1070. The number of esters is 1. The van der Waals surface area contributed by atoms with Crippen LogP contribution in [-0.2, 0) is 31.7 Å². The standard InChI is InChI=1S/C22H19BrN2O5S/c23-11-16-13-31(29)21-17(24-19(26)15-9-5-2-6-10-15)20(27)25(21)18(16)22(28)30-12-14-7-3-1-4-8-14/h1-10,17,21H,11-13H2,(H,24,26)/t17?,21-,31?/m0/s1. The Kier molecular flexibility index (Phi) is 6.33. The van der Waals surface area contributed by atoms with Crippen molar-refractivity contribution in [1.82, 2.24) is 10.2 Å². The van der Waals surface area contributed by atoms with Crippen LogP contribution in [-0.4, -0.2) is 49.4 Å². The van der Waals surface area contributed by atoms with Gasteiger partial charge in [0.15, 0.2) is 0 Å². The van der Waals surface area contributed by atoms with Crippen molar-refractivity contribution < 1.29 is 23.3 Å². The van der Waals surface area contributed by atoms with Crippen LogP contribution < -0.4 is 5.32 Å². The van der Waals surface area contributed by atoms with Gasteiger partial charge in [0.05, 0.1) is 16.6 Å². The van der Waals surface area contributed by atoms with E-state index in [1.54, 1.807) is 30.3 Å². The van der Waals surface area contributed by atoms with Crippen LogP contribution in [0.2, 0.25) is 0 Å². The van der Waals surface area contributed by atoms with Crippen molar-refractivity contribution in [3.05, 3.63) is 83.1 Å². The number of rotatable bonds is 6. The molecule has 2 aromatic rings. The zero-order chi connectivity index (χ0) is 22.0. The second kappa shape index (κ2) is 9.15. The van der Waals surface area contributed by atoms with Gasteiger partial charge in [0.2, 0.25) is 0 Å². The zero-order valence-electron chi connectivity index (χ0n) is 16.3. The molecule has 2 aliphatic rings. The second-order valence-electron chi connectivity index (χ2n) is 7.09. The number of nitrogens with one attached hydrogen (secondary N) is 1. The summed E-state index contributed by atoms with van der Waals surface area (Å²) in [6.45, 7) is 0.0582. The van der Waals surface area contributed by atoms with E-state index in [1.807, 2.05) is 30.3 Å². The molecule has 0 saturated carbocycles. The predicted molar refractivity (Wildman–Crippen MR) is 118 cm³/mol. The van der Waals surface area contributed by atoms with Gasteiger partial charge in [-0.1, -0.05) is 64.5 Å². The van der Waals surface area contributed by atoms with Gasteiger partial charge in [-0.15, -0.1) is 0 Å². The molecule has 0 bridgehead atoms. The Balaban J connectivity index is 1.52. The highest BCUT2D eigenvalue weighted by atomic mass is 79.9. The first-order chi connectivity index (χ1) is 15.0. The van der Waals surface area contributed by atoms with E-state index >= 15 is 0 Å². The van der Waals surface area contributed by atoms with E-state index in [2.05, 4.69) is 21.2 Å². The number of ether oxygens (including phenoxy) is 1. The number of nitrogens with zero attached hydrogens (tertiary/aromatic N) is 1. The molecule has 4 rings (SSSR count). The number of carbonyl (C=O) groups is 3. The third-order valence-corrected chi connectivity index (χ3v) is 7.43. The average Bonchev–Trinajstić information content (AvgIpc) is 2.81. The highest BCUT2D eigenvalue weighted by molar-refractivity contribution is 9.09. The number of benzene rings is 2. The lowest BCUT2D eigenvalue weighted by atomic mass is 10.0. The van der Waals surface area contributed by atoms with Crippen LogP contribution in [0.4, 0.5) is 0 Å². The van der Waals surface area contributed by atoms with Crippen LogP contribution in [0.3, 0.4) is 0 Å². The third-order valence-electron chi connectivity index (χ3n) is 5.09. The highest BCUT2D eigenvalue weighted by Crippen LogP contribution is 2.36. The van der Waals surface area contributed by atoms with Crippen LogP contribution >= 0.6 is 15.9 Å². The summed E-state index contributed by atoms with van der Waals surface area (Å²) < 4.78 is 18.2. The van der Waals surface area contributed by atoms with Crippen molar-refractivity contribution >= 4 is 44.5 Å². The SMILES string of the molecule is O=C(OCc1ccccc1)C1=C(CBr)CS(=O)[C@H]2C(NC(=O)c3ccccc3)C(=O)N12. The van der Waals surface area contributed by atoms with Crippen molar-refractivity contribution in [3.63, 3.8) is 0 Å². The molecule has 2 unspecified atom stereocenters. The van der Waals surface area contributed by atoms with E-state index in [4.69, 9.17) is 4.74 Å². The Morgan fingerprint density at radius 2 is 1.74 bits per heavy atom. The van der Waals surface area contributed by atoms with Crippen molar-refractivity contribution in [2.75, 3.05) is 11.1 Å². The molecular weight excluding hydrogens is 484 g/mol. The number of alkyl halides is 1. The largest absolute Gasteiger partial charge is 0.456 e. The number of hydrogen-bond acceptors (Lipinski definition) is 5. The minimum absolute atomic E-state index is 0.0582. The Hall–Kier alpha value is -2.78. The minimum Gasteiger partial charge on any atom is -0.456 e. The highest BCUT2D eigenvalue weighted by Gasteiger charge is 2.57. The molecular formula is C22H19BrN2O5S. The van der Waals surface area contributed by atoms with E-state index in [1.165, 1.54) is 4.90 Å². The lowest BCUT2D eigenvalue weighted by Gasteiger charge is -2.49. The van der Waals surface area contributed by atoms with E-state index < -0.39 is 40.0 Å². The number of amides is 2. The van der Waals surface area contributed by atoms with Gasteiger partial charge in [-0.25, -0.2) is 4.79 Å². The van der Waals surface area contributed by atoms with Crippen LogP contribution in [0.1, 0.15) is 15.9 Å². The molecule has 0 aromatic heterocycles. The fourth-order valence-corrected chi connectivity index (χ4v) is 5.96. The van der Waals surface area contributed by atoms with E-state index in [9.17, 15) is 18.6 Å². The monoisotopic (exact) mass is 502 g/mol. The first-order valence-electron chi connectivity index (χ1n) is 9.56. The molecule has 7 nitrogen and oxygen atoms in total. The summed E-state index contributed by atoms with van der Waals surface area (Å²) >= 11 is 3.31. The Morgan fingerprint density at radius 1 is 1.10 bits per heavy atom. The molecule has 2 heterocycles. The molecule has 0 aliphatic carbocycles. The van der Waals surface area contributed by atoms with Crippen molar-refractivity contribution in [2.45, 2.75) is 18.0 Å². The van der Waals surface area contributed by atoms with Gasteiger partial charge in [0.1, 0.15) is 23.7 Å². The molecule has 3 atom stereocenters. The molecule has 0 radical (unpaired) electrons. The summed E-state index contributed by atoms with van der Waals surface area (Å²) in [5.74, 6) is -1.44. The quantitative estimate of drug-likeness (QED) is 0.371. The molecule has 9 heteroatoms. The molecule has 2 aliphatic heterocycles. The molecule has 1 fully saturated rings. The van der Waals surface area contributed by atoms with Crippen LogP contribution in [0.5, 0.6) is 0 Å². The van der Waals surface area contributed by atoms with Gasteiger partial charge >= 0.3 is 5.97 Å². The summed E-state index contributed by atoms with van der Waals surface area (Å²) in [4.78, 5) is 39.4. The van der Waals surface area contributed by atoms with E-state index in [-0.39, 0.29) is 23.4 Å². The summed E-state index contributed by atoms with van der Waals surface area (Å²) in [6.07, 6.45) is 0. The third kappa shape index (κ3) is 4.20. The topological polar surface area (TPSA) is 92.8 Å². The lowest BCUT2D eigenvalue weighted by Crippen LogP contribution is -2.73. The molecule has 2 amide bonds. The number of halogens is 1. The maximum absolute atomic E-state index is 12.9. The molecule has 0 spiro atoms. The lowest BCUT2D eigenvalue weighted by molar-refractivity contribution is -0.152. The number of carbonyl (C=O) groups excluding carboxylic acids is 3. The van der Waals surface area contributed by atoms with Crippen molar-refractivity contribution in [3.8, 4) is 0 Å². The smallest absolute Gasteiger partial charge is 0.355 e. The minimum atomic E-state index is -1.46. The average molecular weight is 503 g/mol. The van der Waals surface area contributed by atoms with Gasteiger partial charge in [0.25, 0.3) is 11.8 Å². The van der Waals surface area contributed by atoms with E-state index in [0.717, 1.165) is 5.56 Å². The Morgan fingerprint density at radius 3 is 2.39 bits per heavy atom. The fourth-order valence-electron chi connectivity index (χ4n) is 3.55. The summed E-state index contributed by atoms with van der Waals surface area (Å²) in [5, 5.41) is 2.13. The van der Waals surface area contributed by atoms with Crippen molar-refractivity contribution in [1.29, 1.82) is 0 Å². The normalized spacial score (nSPS) is 22.4. The van der Waals surface area contributed by atoms with Gasteiger partial charge < -0.3 is 10.1 Å². The van der Waals surface area contributed by atoms with Gasteiger partial charge in [-0.3, -0.25) is 18.7 Å². The summed E-state index contributed by atoms with van der Waals surface area (Å²) in [7, 11) is -1.46.